The third-order valence-corrected chi connectivity index (χ3v) is 0.956. The summed E-state index contributed by atoms with van der Waals surface area (Å²) in [5, 5.41) is 10.2. The van der Waals surface area contributed by atoms with E-state index in [0.717, 1.165) is 12.3 Å². The zero-order chi connectivity index (χ0) is 8.27. The summed E-state index contributed by atoms with van der Waals surface area (Å²) >= 11 is 0. The average Bonchev–Trinajstić information content (AvgIpc) is 1.85. The number of rotatable bonds is 1. The van der Waals surface area contributed by atoms with Gasteiger partial charge in [0, 0.05) is 6.07 Å². The molecule has 0 aromatic carbocycles. The van der Waals surface area contributed by atoms with Gasteiger partial charge in [-0.3, -0.25) is 10.3 Å². The molecule has 0 aliphatic carbocycles. The number of carbonyl (C=O) groups is 1. The van der Waals surface area contributed by atoms with E-state index in [1.54, 1.807) is 0 Å². The number of anilines is 1. The van der Waals surface area contributed by atoms with Gasteiger partial charge in [-0.2, -0.15) is 0 Å². The lowest BCUT2D eigenvalue weighted by Crippen LogP contribution is -2.07. The van der Waals surface area contributed by atoms with Crippen LogP contribution in [0.3, 0.4) is 0 Å². The number of hydrogen-bond donors (Lipinski definition) is 2. The van der Waals surface area contributed by atoms with Crippen molar-refractivity contribution >= 4 is 11.8 Å². The van der Waals surface area contributed by atoms with Crippen molar-refractivity contribution in [1.82, 2.24) is 4.98 Å². The van der Waals surface area contributed by atoms with E-state index in [4.69, 9.17) is 5.11 Å². The van der Waals surface area contributed by atoms with Crippen molar-refractivity contribution < 1.29 is 14.3 Å². The first-order valence-electron chi connectivity index (χ1n) is 2.79. The van der Waals surface area contributed by atoms with E-state index in [0.29, 0.717) is 0 Å². The topological polar surface area (TPSA) is 62.2 Å². The van der Waals surface area contributed by atoms with Crippen LogP contribution >= 0.6 is 0 Å². The molecule has 4 nitrogen and oxygen atoms in total. The van der Waals surface area contributed by atoms with E-state index in [1.807, 2.05) is 5.32 Å². The van der Waals surface area contributed by atoms with Crippen LogP contribution in [-0.4, -0.2) is 16.2 Å². The molecule has 2 N–H and O–H groups in total. The summed E-state index contributed by atoms with van der Waals surface area (Å²) in [6.07, 6.45) is 0.974. The third kappa shape index (κ3) is 2.21. The van der Waals surface area contributed by atoms with Crippen molar-refractivity contribution in [2.24, 2.45) is 0 Å². The predicted molar refractivity (Wildman–Crippen MR) is 35.8 cm³/mol. The van der Waals surface area contributed by atoms with Crippen molar-refractivity contribution in [1.29, 1.82) is 0 Å². The van der Waals surface area contributed by atoms with Crippen LogP contribution in [-0.2, 0) is 0 Å². The molecule has 0 saturated carbocycles. The van der Waals surface area contributed by atoms with Crippen LogP contribution in [0.15, 0.2) is 18.5 Å². The van der Waals surface area contributed by atoms with E-state index in [9.17, 15) is 9.18 Å². The molecule has 5 heteroatoms. The first-order chi connectivity index (χ1) is 5.18. The highest BCUT2D eigenvalue weighted by molar-refractivity contribution is 5.82. The molecule has 1 aromatic heterocycles. The fraction of sp³-hybridized carbons (Fsp3) is 0. The Morgan fingerprint density at radius 1 is 1.64 bits per heavy atom. The molecule has 0 fully saturated rings. The molecule has 0 saturated heterocycles. The summed E-state index contributed by atoms with van der Waals surface area (Å²) in [7, 11) is 0. The van der Waals surface area contributed by atoms with Gasteiger partial charge in [-0.15, -0.1) is 0 Å². The molecule has 11 heavy (non-hydrogen) atoms. The van der Waals surface area contributed by atoms with Gasteiger partial charge in [0.15, 0.2) is 0 Å². The van der Waals surface area contributed by atoms with Crippen molar-refractivity contribution in [2.75, 3.05) is 5.32 Å². The fourth-order valence-electron chi connectivity index (χ4n) is 0.604. The minimum Gasteiger partial charge on any atom is -0.465 e. The number of nitrogens with one attached hydrogen (secondary N) is 1. The highest BCUT2D eigenvalue weighted by Crippen LogP contribution is 2.05. The second-order valence-electron chi connectivity index (χ2n) is 1.82. The predicted octanol–water partition coefficient (Wildman–Crippen LogP) is 1.31. The fourth-order valence-corrected chi connectivity index (χ4v) is 0.604. The zero-order valence-electron chi connectivity index (χ0n) is 5.41. The number of amides is 1. The highest BCUT2D eigenvalue weighted by Gasteiger charge is 1.98. The van der Waals surface area contributed by atoms with Gasteiger partial charge in [-0.05, 0) is 0 Å². The maximum absolute atomic E-state index is 12.3. The van der Waals surface area contributed by atoms with Gasteiger partial charge in [0.05, 0.1) is 18.1 Å². The number of hydrogen-bond acceptors (Lipinski definition) is 2. The lowest BCUT2D eigenvalue weighted by molar-refractivity contribution is 0.209. The lowest BCUT2D eigenvalue weighted by Gasteiger charge is -1.97. The zero-order valence-corrected chi connectivity index (χ0v) is 5.41. The van der Waals surface area contributed by atoms with E-state index >= 15 is 0 Å². The van der Waals surface area contributed by atoms with E-state index in [2.05, 4.69) is 4.98 Å². The van der Waals surface area contributed by atoms with Crippen LogP contribution in [0.25, 0.3) is 0 Å². The Morgan fingerprint density at radius 2 is 2.36 bits per heavy atom. The summed E-state index contributed by atoms with van der Waals surface area (Å²) in [4.78, 5) is 13.5. The Hall–Kier alpha value is -1.65. The minimum absolute atomic E-state index is 0.123. The Bertz CT molecular complexity index is 277. The van der Waals surface area contributed by atoms with Crippen LogP contribution in [0.2, 0.25) is 0 Å². The molecule has 1 rings (SSSR count). The largest absolute Gasteiger partial charge is 0.465 e. The lowest BCUT2D eigenvalue weighted by atomic mass is 10.4. The van der Waals surface area contributed by atoms with Crippen molar-refractivity contribution in [2.45, 2.75) is 0 Å². The van der Waals surface area contributed by atoms with E-state index < -0.39 is 11.9 Å². The second kappa shape index (κ2) is 2.96. The van der Waals surface area contributed by atoms with E-state index in [1.165, 1.54) is 6.20 Å². The first kappa shape index (κ1) is 7.46. The molecule has 1 aromatic rings. The summed E-state index contributed by atoms with van der Waals surface area (Å²) in [5.74, 6) is -0.573. The highest BCUT2D eigenvalue weighted by atomic mass is 19.1. The Labute approximate surface area is 61.7 Å². The van der Waals surface area contributed by atoms with Crippen molar-refractivity contribution in [3.8, 4) is 0 Å². The van der Waals surface area contributed by atoms with Gasteiger partial charge in [0.1, 0.15) is 5.82 Å². The quantitative estimate of drug-likeness (QED) is 0.644. The van der Waals surface area contributed by atoms with Crippen LogP contribution in [0.4, 0.5) is 14.9 Å². The summed E-state index contributed by atoms with van der Waals surface area (Å²) in [5.41, 5.74) is 0.123. The monoisotopic (exact) mass is 156 g/mol. The van der Waals surface area contributed by atoms with Gasteiger partial charge >= 0.3 is 6.09 Å². The Kier molecular flexibility index (Phi) is 2.00. The third-order valence-electron chi connectivity index (χ3n) is 0.956. The van der Waals surface area contributed by atoms with Gasteiger partial charge in [-0.25, -0.2) is 9.18 Å². The van der Waals surface area contributed by atoms with Gasteiger partial charge in [0.25, 0.3) is 0 Å². The number of nitrogens with zero attached hydrogens (tertiary/aromatic N) is 1. The maximum Gasteiger partial charge on any atom is 0.409 e. The smallest absolute Gasteiger partial charge is 0.409 e. The number of aromatic nitrogens is 1. The van der Waals surface area contributed by atoms with E-state index in [-0.39, 0.29) is 5.69 Å². The molecule has 0 spiro atoms. The summed E-state index contributed by atoms with van der Waals surface area (Å²) in [6, 6.07) is 1.04. The standard InChI is InChI=1S/C6H5FN2O2/c7-4-1-5(3-8-2-4)9-6(10)11/h1-3,9H,(H,10,11). The maximum atomic E-state index is 12.3. The Morgan fingerprint density at radius 3 is 2.91 bits per heavy atom. The molecule has 0 radical (unpaired) electrons. The van der Waals surface area contributed by atoms with Gasteiger partial charge < -0.3 is 5.11 Å². The molecule has 0 atom stereocenters. The summed E-state index contributed by atoms with van der Waals surface area (Å²) < 4.78 is 12.3. The first-order valence-corrected chi connectivity index (χ1v) is 2.79. The number of carboxylic acid groups (broad SMARTS) is 1. The van der Waals surface area contributed by atoms with Gasteiger partial charge in [0.2, 0.25) is 0 Å². The van der Waals surface area contributed by atoms with Crippen LogP contribution < -0.4 is 5.32 Å². The van der Waals surface area contributed by atoms with Crippen molar-refractivity contribution in [3.05, 3.63) is 24.3 Å². The van der Waals surface area contributed by atoms with Crippen molar-refractivity contribution in [3.63, 3.8) is 0 Å². The molecule has 0 bridgehead atoms. The second-order valence-corrected chi connectivity index (χ2v) is 1.82. The molecular formula is C6H5FN2O2. The summed E-state index contributed by atoms with van der Waals surface area (Å²) in [6.45, 7) is 0. The van der Waals surface area contributed by atoms with Crippen LogP contribution in [0.1, 0.15) is 0 Å². The minimum atomic E-state index is -1.24. The molecular weight excluding hydrogens is 151 g/mol. The SMILES string of the molecule is O=C(O)Nc1cncc(F)c1. The van der Waals surface area contributed by atoms with Crippen LogP contribution in [0, 0.1) is 5.82 Å². The molecule has 1 heterocycles. The molecule has 0 aliphatic rings. The normalized spacial score (nSPS) is 9.18. The van der Waals surface area contributed by atoms with Crippen LogP contribution in [0.5, 0.6) is 0 Å². The Balaban J connectivity index is 2.79. The molecule has 0 unspecified atom stereocenters. The molecule has 1 amide bonds. The number of pyridine rings is 1. The number of halogens is 1. The van der Waals surface area contributed by atoms with Gasteiger partial charge in [-0.1, -0.05) is 0 Å². The molecule has 0 aliphatic heterocycles. The molecule has 58 valence electrons. The average molecular weight is 156 g/mol.